The molecule has 0 unspecified atom stereocenters. The van der Waals surface area contributed by atoms with Crippen LogP contribution in [-0.4, -0.2) is 45.3 Å². The molecule has 9 nitrogen and oxygen atoms in total. The third-order valence-corrected chi connectivity index (χ3v) is 6.79. The maximum Gasteiger partial charge on any atom is 0.416 e. The van der Waals surface area contributed by atoms with Crippen molar-refractivity contribution in [3.63, 3.8) is 0 Å². The van der Waals surface area contributed by atoms with Crippen LogP contribution in [0.5, 0.6) is 11.5 Å². The first-order valence-electron chi connectivity index (χ1n) is 13.3. The van der Waals surface area contributed by atoms with E-state index in [-0.39, 0.29) is 6.54 Å². The Bertz CT molecular complexity index is 1640. The van der Waals surface area contributed by atoms with Crippen LogP contribution in [0.15, 0.2) is 89.5 Å². The van der Waals surface area contributed by atoms with Crippen LogP contribution in [0.1, 0.15) is 23.4 Å². The van der Waals surface area contributed by atoms with Crippen LogP contribution in [0, 0.1) is 6.92 Å². The van der Waals surface area contributed by atoms with Gasteiger partial charge in [-0.15, -0.1) is 0 Å². The molecule has 5 rings (SSSR count). The van der Waals surface area contributed by atoms with Gasteiger partial charge >= 0.3 is 12.1 Å². The number of carbonyl (C=O) groups excluding carboxylic acids is 1. The van der Waals surface area contributed by atoms with Crippen molar-refractivity contribution in [3.05, 3.63) is 102 Å². The Morgan fingerprint density at radius 1 is 1.00 bits per heavy atom. The summed E-state index contributed by atoms with van der Waals surface area (Å²) >= 11 is 0. The highest BCUT2D eigenvalue weighted by Gasteiger charge is 2.20. The molecule has 1 N–H and O–H groups in total. The maximum absolute atomic E-state index is 12.9. The molecule has 0 saturated heterocycles. The summed E-state index contributed by atoms with van der Waals surface area (Å²) in [5, 5.41) is 10.5. The molecule has 1 amide bonds. The largest absolute Gasteiger partial charge is 0.497 e. The number of methoxy groups -OCH3 is 1. The van der Waals surface area contributed by atoms with Gasteiger partial charge in [-0.05, 0) is 79.2 Å². The van der Waals surface area contributed by atoms with E-state index in [9.17, 15) is 14.7 Å². The second-order valence-electron chi connectivity index (χ2n) is 9.69. The second kappa shape index (κ2) is 12.4. The molecule has 5 aromatic rings. The molecule has 2 heterocycles. The molecule has 0 radical (unpaired) electrons. The molecular formula is C32H31N3O6. The van der Waals surface area contributed by atoms with Crippen LogP contribution in [0.2, 0.25) is 0 Å². The number of carbonyl (C=O) groups is 2. The standard InChI is InChI=1S/C32H31N3O6/c1-22-28(33-31(40-22)25-7-4-3-5-8-25)9-6-17-34-18-16-24-11-10-23(19-29(24)34)20-35(21-30(36)37)32(38)41-27-14-12-26(39-2)13-15-27/h3-5,7-8,10-16,18-19H,6,9,17,20-21H2,1-2H3,(H,36,37). The molecule has 41 heavy (non-hydrogen) atoms. The third-order valence-electron chi connectivity index (χ3n) is 6.79. The minimum absolute atomic E-state index is 0.0861. The van der Waals surface area contributed by atoms with Gasteiger partial charge in [0.2, 0.25) is 5.89 Å². The highest BCUT2D eigenvalue weighted by Crippen LogP contribution is 2.24. The van der Waals surface area contributed by atoms with E-state index in [1.165, 1.54) is 4.90 Å². The highest BCUT2D eigenvalue weighted by molar-refractivity contribution is 5.81. The van der Waals surface area contributed by atoms with E-state index < -0.39 is 18.6 Å². The van der Waals surface area contributed by atoms with Crippen LogP contribution in [-0.2, 0) is 24.3 Å². The van der Waals surface area contributed by atoms with Crippen molar-refractivity contribution in [1.82, 2.24) is 14.5 Å². The number of carboxylic acid groups (broad SMARTS) is 1. The summed E-state index contributed by atoms with van der Waals surface area (Å²) in [6, 6.07) is 24.3. The monoisotopic (exact) mass is 553 g/mol. The van der Waals surface area contributed by atoms with E-state index in [0.717, 1.165) is 52.9 Å². The molecule has 2 aromatic heterocycles. The minimum atomic E-state index is -1.13. The number of aromatic nitrogens is 2. The lowest BCUT2D eigenvalue weighted by atomic mass is 10.1. The number of rotatable bonds is 11. The van der Waals surface area contributed by atoms with Crippen molar-refractivity contribution < 1.29 is 28.6 Å². The maximum atomic E-state index is 12.9. The predicted molar refractivity (Wildman–Crippen MR) is 154 cm³/mol. The van der Waals surface area contributed by atoms with E-state index in [1.54, 1.807) is 31.4 Å². The van der Waals surface area contributed by atoms with Gasteiger partial charge in [0.15, 0.2) is 0 Å². The van der Waals surface area contributed by atoms with Crippen LogP contribution >= 0.6 is 0 Å². The molecule has 9 heteroatoms. The average molecular weight is 554 g/mol. The topological polar surface area (TPSA) is 107 Å². The van der Waals surface area contributed by atoms with Gasteiger partial charge in [0, 0.05) is 30.4 Å². The number of nitrogens with zero attached hydrogens (tertiary/aromatic N) is 3. The van der Waals surface area contributed by atoms with Crippen molar-refractivity contribution in [1.29, 1.82) is 0 Å². The normalized spacial score (nSPS) is 11.0. The number of fused-ring (bicyclic) bond motifs is 1. The van der Waals surface area contributed by atoms with Crippen LogP contribution in [0.4, 0.5) is 4.79 Å². The summed E-state index contributed by atoms with van der Waals surface area (Å²) in [7, 11) is 1.54. The zero-order valence-electron chi connectivity index (χ0n) is 22.9. The molecular weight excluding hydrogens is 522 g/mol. The quantitative estimate of drug-likeness (QED) is 0.204. The Hall–Kier alpha value is -5.05. The number of hydrogen-bond donors (Lipinski definition) is 1. The molecule has 0 aliphatic rings. The van der Waals surface area contributed by atoms with Gasteiger partial charge in [0.05, 0.1) is 12.8 Å². The van der Waals surface area contributed by atoms with Gasteiger partial charge < -0.3 is 23.6 Å². The molecule has 0 atom stereocenters. The molecule has 0 fully saturated rings. The van der Waals surface area contributed by atoms with Crippen molar-refractivity contribution in [2.24, 2.45) is 0 Å². The Kier molecular flexibility index (Phi) is 8.34. The van der Waals surface area contributed by atoms with Gasteiger partial charge in [-0.25, -0.2) is 9.78 Å². The summed E-state index contributed by atoms with van der Waals surface area (Å²) in [5.74, 6) is 1.25. The van der Waals surface area contributed by atoms with Gasteiger partial charge in [0.1, 0.15) is 23.8 Å². The summed E-state index contributed by atoms with van der Waals surface area (Å²) < 4.78 is 18.6. The first kappa shape index (κ1) is 27.5. The molecule has 0 saturated carbocycles. The zero-order valence-corrected chi connectivity index (χ0v) is 22.9. The molecule has 0 spiro atoms. The van der Waals surface area contributed by atoms with E-state index >= 15 is 0 Å². The summed E-state index contributed by atoms with van der Waals surface area (Å²) in [4.78, 5) is 30.3. The Labute approximate surface area is 237 Å². The molecule has 0 aliphatic heterocycles. The lowest BCUT2D eigenvalue weighted by molar-refractivity contribution is -0.138. The van der Waals surface area contributed by atoms with Gasteiger partial charge in [-0.3, -0.25) is 9.69 Å². The molecule has 0 aliphatic carbocycles. The fourth-order valence-electron chi connectivity index (χ4n) is 4.68. The highest BCUT2D eigenvalue weighted by atomic mass is 16.6. The lowest BCUT2D eigenvalue weighted by Gasteiger charge is -2.20. The van der Waals surface area contributed by atoms with Crippen LogP contribution in [0.3, 0.4) is 0 Å². The Morgan fingerprint density at radius 2 is 1.76 bits per heavy atom. The van der Waals surface area contributed by atoms with E-state index in [4.69, 9.17) is 18.9 Å². The Morgan fingerprint density at radius 3 is 2.49 bits per heavy atom. The zero-order chi connectivity index (χ0) is 28.8. The number of hydrogen-bond acceptors (Lipinski definition) is 6. The third kappa shape index (κ3) is 6.75. The van der Waals surface area contributed by atoms with Crippen molar-refractivity contribution in [2.75, 3.05) is 13.7 Å². The lowest BCUT2D eigenvalue weighted by Crippen LogP contribution is -2.37. The predicted octanol–water partition coefficient (Wildman–Crippen LogP) is 6.33. The summed E-state index contributed by atoms with van der Waals surface area (Å²) in [6.07, 6.45) is 2.91. The van der Waals surface area contributed by atoms with Crippen LogP contribution in [0.25, 0.3) is 22.4 Å². The molecule has 210 valence electrons. The van der Waals surface area contributed by atoms with Gasteiger partial charge in [-0.1, -0.05) is 30.3 Å². The Balaban J connectivity index is 1.26. The van der Waals surface area contributed by atoms with Crippen molar-refractivity contribution in [2.45, 2.75) is 32.9 Å². The number of carboxylic acids is 1. The van der Waals surface area contributed by atoms with E-state index in [0.29, 0.717) is 17.4 Å². The number of amides is 1. The SMILES string of the molecule is COc1ccc(OC(=O)N(CC(=O)O)Cc2ccc3ccn(CCCc4nc(-c5ccccc5)oc4C)c3c2)cc1. The fourth-order valence-corrected chi connectivity index (χ4v) is 4.68. The first-order valence-corrected chi connectivity index (χ1v) is 13.3. The first-order chi connectivity index (χ1) is 19.9. The molecule has 0 bridgehead atoms. The van der Waals surface area contributed by atoms with Gasteiger partial charge in [-0.2, -0.15) is 0 Å². The van der Waals surface area contributed by atoms with E-state index in [1.807, 2.05) is 67.7 Å². The van der Waals surface area contributed by atoms with Gasteiger partial charge in [0.25, 0.3) is 0 Å². The number of ether oxygens (including phenoxy) is 2. The second-order valence-corrected chi connectivity index (χ2v) is 9.69. The van der Waals surface area contributed by atoms with Crippen LogP contribution < -0.4 is 9.47 Å². The van der Waals surface area contributed by atoms with Crippen molar-refractivity contribution >= 4 is 23.0 Å². The van der Waals surface area contributed by atoms with E-state index in [2.05, 4.69) is 4.57 Å². The summed E-state index contributed by atoms with van der Waals surface area (Å²) in [6.45, 7) is 2.30. The average Bonchev–Trinajstić information content (AvgIpc) is 3.56. The number of benzene rings is 3. The number of oxazole rings is 1. The minimum Gasteiger partial charge on any atom is -0.497 e. The number of aryl methyl sites for hydroxylation is 3. The fraction of sp³-hybridized carbons (Fsp3) is 0.219. The molecule has 3 aromatic carbocycles. The smallest absolute Gasteiger partial charge is 0.416 e. The summed E-state index contributed by atoms with van der Waals surface area (Å²) in [5.41, 5.74) is 3.70. The number of aliphatic carboxylic acids is 1. The van der Waals surface area contributed by atoms with Crippen molar-refractivity contribution in [3.8, 4) is 23.0 Å².